The van der Waals surface area contributed by atoms with E-state index < -0.39 is 10.0 Å². The van der Waals surface area contributed by atoms with E-state index in [0.717, 1.165) is 19.3 Å². The molecule has 132 valence electrons. The Morgan fingerprint density at radius 3 is 2.36 bits per heavy atom. The van der Waals surface area contributed by atoms with E-state index in [-0.39, 0.29) is 10.7 Å². The van der Waals surface area contributed by atoms with E-state index in [0.29, 0.717) is 24.6 Å². The summed E-state index contributed by atoms with van der Waals surface area (Å²) in [6, 6.07) is 16.7. The summed E-state index contributed by atoms with van der Waals surface area (Å²) in [5.41, 5.74) is 1.73. The van der Waals surface area contributed by atoms with Gasteiger partial charge in [-0.3, -0.25) is 4.79 Å². The molecule has 1 fully saturated rings. The summed E-state index contributed by atoms with van der Waals surface area (Å²) >= 11 is 0. The molecule has 4 nitrogen and oxygen atoms in total. The minimum atomic E-state index is -3.53. The fourth-order valence-corrected chi connectivity index (χ4v) is 4.84. The maximum atomic E-state index is 12.8. The van der Waals surface area contributed by atoms with Crippen LogP contribution in [0.15, 0.2) is 59.5 Å². The average Bonchev–Trinajstić information content (AvgIpc) is 2.63. The molecule has 0 aliphatic carbocycles. The third-order valence-corrected chi connectivity index (χ3v) is 6.71. The minimum absolute atomic E-state index is 0.126. The van der Waals surface area contributed by atoms with Crippen LogP contribution in [0.25, 0.3) is 0 Å². The lowest BCUT2D eigenvalue weighted by atomic mass is 9.91. The van der Waals surface area contributed by atoms with Crippen molar-refractivity contribution in [2.75, 3.05) is 13.1 Å². The first-order valence-corrected chi connectivity index (χ1v) is 10.1. The van der Waals surface area contributed by atoms with Gasteiger partial charge in [0.05, 0.1) is 4.90 Å². The van der Waals surface area contributed by atoms with Crippen molar-refractivity contribution in [3.63, 3.8) is 0 Å². The predicted molar refractivity (Wildman–Crippen MR) is 98.1 cm³/mol. The molecule has 1 aliphatic rings. The van der Waals surface area contributed by atoms with Gasteiger partial charge in [-0.15, -0.1) is 0 Å². The number of piperidine rings is 1. The molecule has 0 unspecified atom stereocenters. The van der Waals surface area contributed by atoms with Gasteiger partial charge in [0.15, 0.2) is 5.78 Å². The lowest BCUT2D eigenvalue weighted by Gasteiger charge is -2.31. The fourth-order valence-electron chi connectivity index (χ4n) is 3.33. The molecular weight excluding hydrogens is 334 g/mol. The third-order valence-electron chi connectivity index (χ3n) is 4.82. The summed E-state index contributed by atoms with van der Waals surface area (Å²) in [7, 11) is -3.53. The number of hydrogen-bond acceptors (Lipinski definition) is 3. The lowest BCUT2D eigenvalue weighted by molar-refractivity contribution is 0.101. The molecule has 0 N–H and O–H groups in total. The molecular formula is C20H23NO3S. The van der Waals surface area contributed by atoms with Crippen molar-refractivity contribution in [1.29, 1.82) is 0 Å². The quantitative estimate of drug-likeness (QED) is 0.769. The number of Topliss-reactive ketones (excluding diaryl/α,β-unsaturated/α-hetero) is 1. The van der Waals surface area contributed by atoms with Crippen LogP contribution in [0.1, 0.15) is 35.7 Å². The second-order valence-corrected chi connectivity index (χ2v) is 8.56. The van der Waals surface area contributed by atoms with Gasteiger partial charge in [0.1, 0.15) is 0 Å². The van der Waals surface area contributed by atoms with Crippen LogP contribution in [0, 0.1) is 5.92 Å². The topological polar surface area (TPSA) is 54.5 Å². The van der Waals surface area contributed by atoms with Gasteiger partial charge in [0, 0.05) is 18.7 Å². The van der Waals surface area contributed by atoms with Gasteiger partial charge in [-0.1, -0.05) is 42.5 Å². The molecule has 0 bridgehead atoms. The summed E-state index contributed by atoms with van der Waals surface area (Å²) in [6.07, 6.45) is 2.72. The third kappa shape index (κ3) is 4.17. The van der Waals surface area contributed by atoms with Gasteiger partial charge >= 0.3 is 0 Å². The van der Waals surface area contributed by atoms with E-state index >= 15 is 0 Å². The van der Waals surface area contributed by atoms with E-state index in [4.69, 9.17) is 0 Å². The molecule has 1 heterocycles. The highest BCUT2D eigenvalue weighted by molar-refractivity contribution is 7.89. The van der Waals surface area contributed by atoms with Crippen LogP contribution in [0.2, 0.25) is 0 Å². The Balaban J connectivity index is 1.67. The lowest BCUT2D eigenvalue weighted by Crippen LogP contribution is -2.38. The largest absolute Gasteiger partial charge is 0.295 e. The second-order valence-electron chi connectivity index (χ2n) is 6.62. The fraction of sp³-hybridized carbons (Fsp3) is 0.350. The molecule has 2 aromatic rings. The molecule has 25 heavy (non-hydrogen) atoms. The van der Waals surface area contributed by atoms with Gasteiger partial charge in [0.25, 0.3) is 0 Å². The molecule has 0 spiro atoms. The Bertz CT molecular complexity index is 838. The van der Waals surface area contributed by atoms with Crippen molar-refractivity contribution < 1.29 is 13.2 Å². The Hall–Kier alpha value is -1.98. The molecule has 0 radical (unpaired) electrons. The molecule has 0 atom stereocenters. The summed E-state index contributed by atoms with van der Waals surface area (Å²) in [4.78, 5) is 11.7. The number of ketones is 1. The molecule has 1 aliphatic heterocycles. The van der Waals surface area contributed by atoms with Crippen molar-refractivity contribution >= 4 is 15.8 Å². The van der Waals surface area contributed by atoms with Crippen molar-refractivity contribution in [3.8, 4) is 0 Å². The Morgan fingerprint density at radius 1 is 1.04 bits per heavy atom. The molecule has 0 saturated carbocycles. The van der Waals surface area contributed by atoms with Crippen LogP contribution in [0.4, 0.5) is 0 Å². The van der Waals surface area contributed by atoms with Crippen molar-refractivity contribution in [2.45, 2.75) is 31.1 Å². The summed E-state index contributed by atoms with van der Waals surface area (Å²) < 4.78 is 27.2. The van der Waals surface area contributed by atoms with Gasteiger partial charge in [-0.2, -0.15) is 4.31 Å². The van der Waals surface area contributed by atoms with E-state index in [1.54, 1.807) is 22.5 Å². The van der Waals surface area contributed by atoms with Gasteiger partial charge in [-0.05, 0) is 49.8 Å². The van der Waals surface area contributed by atoms with E-state index in [1.807, 2.05) is 18.2 Å². The Kier molecular flexibility index (Phi) is 5.35. The Labute approximate surface area is 149 Å². The average molecular weight is 357 g/mol. The number of sulfonamides is 1. The van der Waals surface area contributed by atoms with Crippen LogP contribution in [-0.2, 0) is 16.4 Å². The standard InChI is InChI=1S/C20H23NO3S/c1-16(22)19-8-5-9-20(15-19)25(23,24)21-12-10-18(11-13-21)14-17-6-3-2-4-7-17/h2-9,15,18H,10-14H2,1H3. The summed E-state index contributed by atoms with van der Waals surface area (Å²) in [5, 5.41) is 0. The van der Waals surface area contributed by atoms with E-state index in [1.165, 1.54) is 18.6 Å². The maximum Gasteiger partial charge on any atom is 0.243 e. The molecule has 3 rings (SSSR count). The first-order chi connectivity index (χ1) is 12.0. The molecule has 0 aromatic heterocycles. The molecule has 5 heteroatoms. The van der Waals surface area contributed by atoms with Crippen molar-refractivity contribution in [2.24, 2.45) is 5.92 Å². The predicted octanol–water partition coefficient (Wildman–Crippen LogP) is 3.53. The summed E-state index contributed by atoms with van der Waals surface area (Å²) in [5.74, 6) is 0.385. The van der Waals surface area contributed by atoms with Gasteiger partial charge in [0.2, 0.25) is 10.0 Å². The number of carbonyl (C=O) groups excluding carboxylic acids is 1. The van der Waals surface area contributed by atoms with Crippen LogP contribution in [-0.4, -0.2) is 31.6 Å². The van der Waals surface area contributed by atoms with Crippen LogP contribution < -0.4 is 0 Å². The SMILES string of the molecule is CC(=O)c1cccc(S(=O)(=O)N2CCC(Cc3ccccc3)CC2)c1. The monoisotopic (exact) mass is 357 g/mol. The minimum Gasteiger partial charge on any atom is -0.295 e. The van der Waals surface area contributed by atoms with Crippen molar-refractivity contribution in [3.05, 3.63) is 65.7 Å². The zero-order valence-electron chi connectivity index (χ0n) is 14.4. The normalized spacial score (nSPS) is 16.7. The number of carbonyl (C=O) groups is 1. The smallest absolute Gasteiger partial charge is 0.243 e. The Morgan fingerprint density at radius 2 is 1.72 bits per heavy atom. The maximum absolute atomic E-state index is 12.8. The number of rotatable bonds is 5. The number of hydrogen-bond donors (Lipinski definition) is 0. The number of benzene rings is 2. The zero-order valence-corrected chi connectivity index (χ0v) is 15.2. The van der Waals surface area contributed by atoms with E-state index in [2.05, 4.69) is 12.1 Å². The molecule has 2 aromatic carbocycles. The second kappa shape index (κ2) is 7.50. The first-order valence-electron chi connectivity index (χ1n) is 8.62. The highest BCUT2D eigenvalue weighted by Crippen LogP contribution is 2.26. The first kappa shape index (κ1) is 17.8. The summed E-state index contributed by atoms with van der Waals surface area (Å²) in [6.45, 7) is 2.51. The van der Waals surface area contributed by atoms with E-state index in [9.17, 15) is 13.2 Å². The van der Waals surface area contributed by atoms with Crippen LogP contribution in [0.5, 0.6) is 0 Å². The number of nitrogens with zero attached hydrogens (tertiary/aromatic N) is 1. The highest BCUT2D eigenvalue weighted by Gasteiger charge is 2.29. The highest BCUT2D eigenvalue weighted by atomic mass is 32.2. The zero-order chi connectivity index (χ0) is 17.9. The van der Waals surface area contributed by atoms with Gasteiger partial charge < -0.3 is 0 Å². The van der Waals surface area contributed by atoms with Gasteiger partial charge in [-0.25, -0.2) is 8.42 Å². The van der Waals surface area contributed by atoms with Crippen LogP contribution in [0.3, 0.4) is 0 Å². The van der Waals surface area contributed by atoms with Crippen molar-refractivity contribution in [1.82, 2.24) is 4.31 Å². The van der Waals surface area contributed by atoms with Crippen LogP contribution >= 0.6 is 0 Å². The molecule has 1 saturated heterocycles. The molecule has 0 amide bonds.